The van der Waals surface area contributed by atoms with Crippen molar-refractivity contribution < 1.29 is 9.53 Å². The van der Waals surface area contributed by atoms with Crippen molar-refractivity contribution >= 4 is 6.03 Å². The number of rotatable bonds is 1. The lowest BCUT2D eigenvalue weighted by atomic mass is 10.3. The van der Waals surface area contributed by atoms with Crippen LogP contribution in [0.25, 0.3) is 0 Å². The molecule has 0 radical (unpaired) electrons. The van der Waals surface area contributed by atoms with Crippen molar-refractivity contribution in [1.82, 2.24) is 10.6 Å². The van der Waals surface area contributed by atoms with E-state index in [2.05, 4.69) is 10.6 Å². The summed E-state index contributed by atoms with van der Waals surface area (Å²) in [6, 6.07) is 0.0910. The van der Waals surface area contributed by atoms with Gasteiger partial charge in [0.1, 0.15) is 0 Å². The minimum absolute atomic E-state index is 0.136. The first kappa shape index (κ1) is 10.2. The van der Waals surface area contributed by atoms with E-state index in [9.17, 15) is 4.79 Å². The van der Waals surface area contributed by atoms with Crippen LogP contribution in [0.3, 0.4) is 0 Å². The van der Waals surface area contributed by atoms with Gasteiger partial charge in [-0.15, -0.1) is 0 Å². The molecule has 0 aromatic rings. The molecule has 1 fully saturated rings. The van der Waals surface area contributed by atoms with Gasteiger partial charge in [0, 0.05) is 7.05 Å². The topological polar surface area (TPSA) is 50.4 Å². The number of hydrogen-bond acceptors (Lipinski definition) is 2. The first-order valence-electron chi connectivity index (χ1n) is 3.89. The summed E-state index contributed by atoms with van der Waals surface area (Å²) in [7, 11) is 1.59. The molecule has 66 valence electrons. The molecule has 0 aromatic carbocycles. The van der Waals surface area contributed by atoms with E-state index in [1.165, 1.54) is 0 Å². The second kappa shape index (κ2) is 5.97. The molecule has 0 unspecified atom stereocenters. The Kier molecular flexibility index (Phi) is 5.56. The molecular formula is C7H16N2O2. The van der Waals surface area contributed by atoms with Crippen LogP contribution in [-0.4, -0.2) is 32.3 Å². The number of carbonyl (C=O) groups excluding carboxylic acids is 1. The van der Waals surface area contributed by atoms with E-state index < -0.39 is 0 Å². The fourth-order valence-corrected chi connectivity index (χ4v) is 0.577. The number of nitrogens with one attached hydrogen (secondary N) is 2. The zero-order valence-corrected chi connectivity index (χ0v) is 7.31. The average Bonchev–Trinajstić information content (AvgIpc) is 2.00. The molecule has 0 atom stereocenters. The number of amides is 2. The van der Waals surface area contributed by atoms with Gasteiger partial charge in [-0.1, -0.05) is 13.8 Å². The molecule has 0 aromatic heterocycles. The van der Waals surface area contributed by atoms with Crippen LogP contribution in [0.1, 0.15) is 13.8 Å². The predicted octanol–water partition coefficient (Wildman–Crippen LogP) is 0.340. The number of carbonyl (C=O) groups is 1. The summed E-state index contributed by atoms with van der Waals surface area (Å²) in [6.07, 6.45) is 0. The molecule has 1 saturated heterocycles. The maximum Gasteiger partial charge on any atom is 0.314 e. The molecule has 2 amide bonds. The zero-order chi connectivity index (χ0) is 8.69. The standard InChI is InChI=1S/C5H10N2O2.C2H6/c1-6-5(8)7-4-2-9-3-4;1-2/h4H,2-3H2,1H3,(H2,6,7,8);1-2H3. The quantitative estimate of drug-likeness (QED) is 0.581. The SMILES string of the molecule is CC.CNC(=O)NC1COC1. The first-order chi connectivity index (χ1) is 5.33. The third kappa shape index (κ3) is 3.83. The minimum Gasteiger partial charge on any atom is -0.377 e. The van der Waals surface area contributed by atoms with Gasteiger partial charge in [0.25, 0.3) is 0 Å². The molecule has 0 saturated carbocycles. The van der Waals surface area contributed by atoms with Crippen molar-refractivity contribution in [3.05, 3.63) is 0 Å². The Morgan fingerprint density at radius 1 is 1.45 bits per heavy atom. The molecule has 1 aliphatic rings. The number of urea groups is 1. The summed E-state index contributed by atoms with van der Waals surface area (Å²) in [5, 5.41) is 5.15. The van der Waals surface area contributed by atoms with Crippen LogP contribution < -0.4 is 10.6 Å². The Morgan fingerprint density at radius 2 is 2.00 bits per heavy atom. The predicted molar refractivity (Wildman–Crippen MR) is 43.5 cm³/mol. The Hall–Kier alpha value is -0.770. The van der Waals surface area contributed by atoms with Gasteiger partial charge in [-0.25, -0.2) is 4.79 Å². The lowest BCUT2D eigenvalue weighted by Crippen LogP contribution is -2.51. The highest BCUT2D eigenvalue weighted by molar-refractivity contribution is 5.73. The van der Waals surface area contributed by atoms with E-state index >= 15 is 0 Å². The van der Waals surface area contributed by atoms with E-state index in [-0.39, 0.29) is 12.1 Å². The molecule has 4 nitrogen and oxygen atoms in total. The molecule has 11 heavy (non-hydrogen) atoms. The Balaban J connectivity index is 0.000000461. The van der Waals surface area contributed by atoms with Gasteiger partial charge in [0.05, 0.1) is 19.3 Å². The van der Waals surface area contributed by atoms with E-state index in [4.69, 9.17) is 4.74 Å². The van der Waals surface area contributed by atoms with E-state index in [0.29, 0.717) is 13.2 Å². The van der Waals surface area contributed by atoms with Crippen LogP contribution in [-0.2, 0) is 4.74 Å². The highest BCUT2D eigenvalue weighted by Crippen LogP contribution is 1.97. The summed E-state index contributed by atoms with van der Waals surface area (Å²) in [5.41, 5.74) is 0. The Labute approximate surface area is 67.3 Å². The van der Waals surface area contributed by atoms with Gasteiger partial charge in [0.2, 0.25) is 0 Å². The highest BCUT2D eigenvalue weighted by Gasteiger charge is 2.19. The zero-order valence-electron chi connectivity index (χ0n) is 7.31. The van der Waals surface area contributed by atoms with Crippen LogP contribution in [0, 0.1) is 0 Å². The van der Waals surface area contributed by atoms with Crippen molar-refractivity contribution in [3.8, 4) is 0 Å². The maximum atomic E-state index is 10.5. The maximum absolute atomic E-state index is 10.5. The third-order valence-electron chi connectivity index (χ3n) is 1.20. The van der Waals surface area contributed by atoms with Gasteiger partial charge in [-0.3, -0.25) is 0 Å². The fourth-order valence-electron chi connectivity index (χ4n) is 0.577. The van der Waals surface area contributed by atoms with Crippen molar-refractivity contribution in [2.24, 2.45) is 0 Å². The van der Waals surface area contributed by atoms with Crippen molar-refractivity contribution in [2.75, 3.05) is 20.3 Å². The van der Waals surface area contributed by atoms with Gasteiger partial charge >= 0.3 is 6.03 Å². The van der Waals surface area contributed by atoms with E-state index in [1.54, 1.807) is 7.05 Å². The summed E-state index contributed by atoms with van der Waals surface area (Å²) < 4.78 is 4.84. The van der Waals surface area contributed by atoms with E-state index in [0.717, 1.165) is 0 Å². The monoisotopic (exact) mass is 160 g/mol. The van der Waals surface area contributed by atoms with Gasteiger partial charge in [-0.05, 0) is 0 Å². The lowest BCUT2D eigenvalue weighted by Gasteiger charge is -2.26. The Morgan fingerprint density at radius 3 is 2.27 bits per heavy atom. The number of ether oxygens (including phenoxy) is 1. The van der Waals surface area contributed by atoms with Gasteiger partial charge in [-0.2, -0.15) is 0 Å². The lowest BCUT2D eigenvalue weighted by molar-refractivity contribution is 0.000103. The highest BCUT2D eigenvalue weighted by atomic mass is 16.5. The van der Waals surface area contributed by atoms with E-state index in [1.807, 2.05) is 13.8 Å². The van der Waals surface area contributed by atoms with Crippen LogP contribution >= 0.6 is 0 Å². The Bertz CT molecular complexity index is 113. The van der Waals surface area contributed by atoms with Crippen molar-refractivity contribution in [2.45, 2.75) is 19.9 Å². The second-order valence-corrected chi connectivity index (χ2v) is 1.96. The first-order valence-corrected chi connectivity index (χ1v) is 3.89. The van der Waals surface area contributed by atoms with Crippen LogP contribution in [0.15, 0.2) is 0 Å². The molecule has 2 N–H and O–H groups in total. The molecule has 1 rings (SSSR count). The summed E-state index contributed by atoms with van der Waals surface area (Å²) >= 11 is 0. The second-order valence-electron chi connectivity index (χ2n) is 1.96. The molecule has 4 heteroatoms. The molecule has 0 spiro atoms. The van der Waals surface area contributed by atoms with Crippen LogP contribution in [0.2, 0.25) is 0 Å². The number of hydrogen-bond donors (Lipinski definition) is 2. The third-order valence-corrected chi connectivity index (χ3v) is 1.20. The summed E-state index contributed by atoms with van der Waals surface area (Å²) in [6.45, 7) is 5.29. The summed E-state index contributed by atoms with van der Waals surface area (Å²) in [5.74, 6) is 0. The molecule has 1 aliphatic heterocycles. The van der Waals surface area contributed by atoms with Crippen molar-refractivity contribution in [1.29, 1.82) is 0 Å². The molecule has 1 heterocycles. The average molecular weight is 160 g/mol. The summed E-state index contributed by atoms with van der Waals surface area (Å²) in [4.78, 5) is 10.5. The molecular weight excluding hydrogens is 144 g/mol. The minimum atomic E-state index is -0.136. The van der Waals surface area contributed by atoms with Gasteiger partial charge in [0.15, 0.2) is 0 Å². The largest absolute Gasteiger partial charge is 0.377 e. The molecule has 0 bridgehead atoms. The smallest absolute Gasteiger partial charge is 0.314 e. The molecule has 0 aliphatic carbocycles. The normalized spacial score (nSPS) is 15.5. The van der Waals surface area contributed by atoms with Gasteiger partial charge < -0.3 is 15.4 Å². The fraction of sp³-hybridized carbons (Fsp3) is 0.857. The van der Waals surface area contributed by atoms with Crippen molar-refractivity contribution in [3.63, 3.8) is 0 Å². The van der Waals surface area contributed by atoms with Crippen LogP contribution in [0.4, 0.5) is 4.79 Å². The van der Waals surface area contributed by atoms with Crippen LogP contribution in [0.5, 0.6) is 0 Å².